The lowest BCUT2D eigenvalue weighted by Crippen LogP contribution is -2.40. The molecule has 2 aromatic rings. The maximum absolute atomic E-state index is 13.1. The van der Waals surface area contributed by atoms with Gasteiger partial charge in [-0.2, -0.15) is 0 Å². The molecule has 0 spiro atoms. The number of rotatable bonds is 6. The van der Waals surface area contributed by atoms with Gasteiger partial charge < -0.3 is 14.4 Å². The summed E-state index contributed by atoms with van der Waals surface area (Å²) in [5.41, 5.74) is 1.34. The minimum atomic E-state index is -0.0291. The number of nitrogens with zero attached hydrogens (tertiary/aromatic N) is 1. The molecule has 2 fully saturated rings. The summed E-state index contributed by atoms with van der Waals surface area (Å²) in [6.07, 6.45) is 3.55. The van der Waals surface area contributed by atoms with E-state index in [0.717, 1.165) is 25.0 Å². The monoisotopic (exact) mass is 393 g/mol. The molecule has 5 heteroatoms. The molecule has 5 nitrogen and oxygen atoms in total. The topological polar surface area (TPSA) is 55.8 Å². The highest BCUT2D eigenvalue weighted by molar-refractivity contribution is 5.99. The lowest BCUT2D eigenvalue weighted by molar-refractivity contribution is 0.0612. The maximum atomic E-state index is 13.1. The van der Waals surface area contributed by atoms with Crippen LogP contribution < -0.4 is 4.74 Å². The Kier molecular flexibility index (Phi) is 6.25. The number of piperidine rings is 1. The summed E-state index contributed by atoms with van der Waals surface area (Å²) in [6, 6.07) is 16.8. The fourth-order valence-corrected chi connectivity index (χ4v) is 4.08. The fourth-order valence-electron chi connectivity index (χ4n) is 4.08. The third-order valence-electron chi connectivity index (χ3n) is 5.78. The second-order valence-corrected chi connectivity index (χ2v) is 7.74. The van der Waals surface area contributed by atoms with Crippen molar-refractivity contribution in [3.05, 3.63) is 65.7 Å². The molecule has 1 unspecified atom stereocenters. The molecule has 152 valence electrons. The van der Waals surface area contributed by atoms with Gasteiger partial charge in [-0.1, -0.05) is 42.5 Å². The number of carbonyl (C=O) groups is 2. The number of amides is 1. The third-order valence-corrected chi connectivity index (χ3v) is 5.78. The Bertz CT molecular complexity index is 837. The van der Waals surface area contributed by atoms with E-state index in [1.807, 2.05) is 59.5 Å². The van der Waals surface area contributed by atoms with Gasteiger partial charge in [0.15, 0.2) is 5.78 Å². The first-order valence-electron chi connectivity index (χ1n) is 10.4. The first-order chi connectivity index (χ1) is 14.2. The predicted molar refractivity (Wildman–Crippen MR) is 110 cm³/mol. The molecule has 2 heterocycles. The van der Waals surface area contributed by atoms with Crippen molar-refractivity contribution in [3.63, 3.8) is 0 Å². The zero-order valence-electron chi connectivity index (χ0n) is 16.6. The Morgan fingerprint density at radius 3 is 2.41 bits per heavy atom. The van der Waals surface area contributed by atoms with Gasteiger partial charge in [-0.3, -0.25) is 9.59 Å². The van der Waals surface area contributed by atoms with Crippen molar-refractivity contribution in [2.45, 2.75) is 31.8 Å². The Labute approximate surface area is 171 Å². The number of para-hydroxylation sites is 1. The highest BCUT2D eigenvalue weighted by atomic mass is 16.5. The molecule has 29 heavy (non-hydrogen) atoms. The molecule has 2 saturated heterocycles. The SMILES string of the molecule is O=C(c1ccccc1)C1CCN(C(=O)c2ccccc2OCC2CCCO2)CC1. The average Bonchev–Trinajstić information content (AvgIpc) is 3.31. The van der Waals surface area contributed by atoms with E-state index in [2.05, 4.69) is 0 Å². The van der Waals surface area contributed by atoms with Crippen LogP contribution >= 0.6 is 0 Å². The second kappa shape index (κ2) is 9.23. The summed E-state index contributed by atoms with van der Waals surface area (Å²) < 4.78 is 11.5. The Morgan fingerprint density at radius 1 is 0.966 bits per heavy atom. The van der Waals surface area contributed by atoms with Gasteiger partial charge in [-0.05, 0) is 37.8 Å². The number of benzene rings is 2. The average molecular weight is 393 g/mol. The number of likely N-dealkylation sites (tertiary alicyclic amines) is 1. The summed E-state index contributed by atoms with van der Waals surface area (Å²) in [6.45, 7) is 2.42. The molecule has 0 radical (unpaired) electrons. The van der Waals surface area contributed by atoms with Gasteiger partial charge in [0.2, 0.25) is 0 Å². The van der Waals surface area contributed by atoms with Crippen molar-refractivity contribution in [3.8, 4) is 5.75 Å². The van der Waals surface area contributed by atoms with Crippen LogP contribution in [0.4, 0.5) is 0 Å². The molecule has 0 saturated carbocycles. The zero-order valence-corrected chi connectivity index (χ0v) is 16.6. The number of Topliss-reactive ketones (excluding diaryl/α,β-unsaturated/α-hetero) is 1. The fraction of sp³-hybridized carbons (Fsp3) is 0.417. The van der Waals surface area contributed by atoms with Gasteiger partial charge in [0.25, 0.3) is 5.91 Å². The Hall–Kier alpha value is -2.66. The van der Waals surface area contributed by atoms with Crippen LogP contribution in [0.3, 0.4) is 0 Å². The van der Waals surface area contributed by atoms with Crippen molar-refractivity contribution in [2.24, 2.45) is 5.92 Å². The van der Waals surface area contributed by atoms with Gasteiger partial charge in [-0.15, -0.1) is 0 Å². The summed E-state index contributed by atoms with van der Waals surface area (Å²) in [5, 5.41) is 0. The first kappa shape index (κ1) is 19.6. The molecule has 0 aliphatic carbocycles. The minimum Gasteiger partial charge on any atom is -0.490 e. The van der Waals surface area contributed by atoms with E-state index in [0.29, 0.717) is 43.9 Å². The van der Waals surface area contributed by atoms with E-state index in [9.17, 15) is 9.59 Å². The van der Waals surface area contributed by atoms with Crippen LogP contribution in [0.2, 0.25) is 0 Å². The van der Waals surface area contributed by atoms with E-state index >= 15 is 0 Å². The van der Waals surface area contributed by atoms with E-state index < -0.39 is 0 Å². The third kappa shape index (κ3) is 4.67. The number of ketones is 1. The van der Waals surface area contributed by atoms with Gasteiger partial charge >= 0.3 is 0 Å². The van der Waals surface area contributed by atoms with Crippen LogP contribution in [0.1, 0.15) is 46.4 Å². The molecule has 0 aromatic heterocycles. The van der Waals surface area contributed by atoms with E-state index in [1.165, 1.54) is 0 Å². The van der Waals surface area contributed by atoms with Crippen LogP contribution in [0.25, 0.3) is 0 Å². The molecule has 2 aliphatic rings. The molecule has 1 atom stereocenters. The van der Waals surface area contributed by atoms with Crippen LogP contribution in [-0.2, 0) is 4.74 Å². The lowest BCUT2D eigenvalue weighted by Gasteiger charge is -2.31. The zero-order chi connectivity index (χ0) is 20.1. The van der Waals surface area contributed by atoms with Gasteiger partial charge in [0, 0.05) is 31.2 Å². The predicted octanol–water partition coefficient (Wildman–Crippen LogP) is 3.98. The normalized spacial score (nSPS) is 19.9. The van der Waals surface area contributed by atoms with Crippen LogP contribution in [-0.4, -0.2) is 49.0 Å². The lowest BCUT2D eigenvalue weighted by atomic mass is 9.88. The maximum Gasteiger partial charge on any atom is 0.257 e. The smallest absolute Gasteiger partial charge is 0.257 e. The second-order valence-electron chi connectivity index (χ2n) is 7.74. The number of ether oxygens (including phenoxy) is 2. The number of hydrogen-bond donors (Lipinski definition) is 0. The number of carbonyl (C=O) groups excluding carboxylic acids is 2. The van der Waals surface area contributed by atoms with Crippen LogP contribution in [0.5, 0.6) is 5.75 Å². The highest BCUT2D eigenvalue weighted by Gasteiger charge is 2.29. The van der Waals surface area contributed by atoms with Gasteiger partial charge in [0.1, 0.15) is 12.4 Å². The number of hydrogen-bond acceptors (Lipinski definition) is 4. The van der Waals surface area contributed by atoms with Crippen molar-refractivity contribution in [2.75, 3.05) is 26.3 Å². The highest BCUT2D eigenvalue weighted by Crippen LogP contribution is 2.26. The minimum absolute atomic E-state index is 0.0209. The van der Waals surface area contributed by atoms with Gasteiger partial charge in [0.05, 0.1) is 11.7 Å². The Morgan fingerprint density at radius 2 is 1.69 bits per heavy atom. The summed E-state index contributed by atoms with van der Waals surface area (Å²) in [7, 11) is 0. The summed E-state index contributed by atoms with van der Waals surface area (Å²) >= 11 is 0. The molecule has 2 aliphatic heterocycles. The van der Waals surface area contributed by atoms with Crippen LogP contribution in [0.15, 0.2) is 54.6 Å². The van der Waals surface area contributed by atoms with E-state index in [-0.39, 0.29) is 23.7 Å². The molecule has 2 aromatic carbocycles. The van der Waals surface area contributed by atoms with Crippen molar-refractivity contribution >= 4 is 11.7 Å². The van der Waals surface area contributed by atoms with Gasteiger partial charge in [-0.25, -0.2) is 0 Å². The summed E-state index contributed by atoms with van der Waals surface area (Å²) in [5.74, 6) is 0.736. The molecule has 1 amide bonds. The molecule has 0 N–H and O–H groups in total. The van der Waals surface area contributed by atoms with Crippen LogP contribution in [0, 0.1) is 5.92 Å². The van der Waals surface area contributed by atoms with Crippen molar-refractivity contribution < 1.29 is 19.1 Å². The quantitative estimate of drug-likeness (QED) is 0.697. The molecule has 4 rings (SSSR count). The van der Waals surface area contributed by atoms with Crippen molar-refractivity contribution in [1.82, 2.24) is 4.90 Å². The molecular formula is C24H27NO4. The van der Waals surface area contributed by atoms with E-state index in [1.54, 1.807) is 0 Å². The molecular weight excluding hydrogens is 366 g/mol. The standard InChI is InChI=1S/C24H27NO4/c26-23(18-7-2-1-3-8-18)19-12-14-25(15-13-19)24(27)21-10-4-5-11-22(21)29-17-20-9-6-16-28-20/h1-5,7-8,10-11,19-20H,6,9,12-17H2. The first-order valence-corrected chi connectivity index (χ1v) is 10.4. The largest absolute Gasteiger partial charge is 0.490 e. The molecule has 0 bridgehead atoms. The Balaban J connectivity index is 1.36. The van der Waals surface area contributed by atoms with Crippen molar-refractivity contribution in [1.29, 1.82) is 0 Å². The van der Waals surface area contributed by atoms with E-state index in [4.69, 9.17) is 9.47 Å². The summed E-state index contributed by atoms with van der Waals surface area (Å²) in [4.78, 5) is 27.6.